The first-order valence-corrected chi connectivity index (χ1v) is 8.59. The lowest BCUT2D eigenvalue weighted by Crippen LogP contribution is -2.50. The van der Waals surface area contributed by atoms with Crippen molar-refractivity contribution >= 4 is 5.91 Å². The Kier molecular flexibility index (Phi) is 5.99. The van der Waals surface area contributed by atoms with E-state index in [4.69, 9.17) is 0 Å². The summed E-state index contributed by atoms with van der Waals surface area (Å²) in [6, 6.07) is 1.88. The third kappa shape index (κ3) is 4.67. The number of carbonyl (C=O) groups excluding carboxylic acids is 1. The molecule has 1 aromatic heterocycles. The topological polar surface area (TPSA) is 65.2 Å². The van der Waals surface area contributed by atoms with E-state index in [2.05, 4.69) is 29.0 Å². The molecule has 2 heterocycles. The molecule has 1 unspecified atom stereocenters. The van der Waals surface area contributed by atoms with Gasteiger partial charge in [-0.1, -0.05) is 20.3 Å². The van der Waals surface area contributed by atoms with Crippen LogP contribution in [-0.2, 0) is 11.3 Å². The number of amides is 1. The standard InChI is InChI=1S/C18H29N3O2/c1-12(2)11-21-8-6-5-7-16(21)18(23)19-10-15-13(3)9-14(4)20-17(15)22/h9,12,16H,5-8,10-11H2,1-4H3,(H,19,23)(H,20,22). The normalized spacial score (nSPS) is 19.1. The highest BCUT2D eigenvalue weighted by molar-refractivity contribution is 5.81. The number of nitrogens with zero attached hydrogens (tertiary/aromatic N) is 1. The molecule has 0 aliphatic carbocycles. The Morgan fingerprint density at radius 1 is 1.39 bits per heavy atom. The van der Waals surface area contributed by atoms with Gasteiger partial charge in [-0.25, -0.2) is 0 Å². The summed E-state index contributed by atoms with van der Waals surface area (Å²) in [5.41, 5.74) is 2.31. The Bertz CT molecular complexity index is 607. The van der Waals surface area contributed by atoms with E-state index in [9.17, 15) is 9.59 Å². The average molecular weight is 319 g/mol. The number of likely N-dealkylation sites (tertiary alicyclic amines) is 1. The molecule has 2 N–H and O–H groups in total. The van der Waals surface area contributed by atoms with Gasteiger partial charge in [0.2, 0.25) is 5.91 Å². The Hall–Kier alpha value is -1.62. The van der Waals surface area contributed by atoms with E-state index in [1.165, 1.54) is 0 Å². The fourth-order valence-electron chi connectivity index (χ4n) is 3.37. The number of rotatable bonds is 5. The van der Waals surface area contributed by atoms with Gasteiger partial charge in [-0.2, -0.15) is 0 Å². The van der Waals surface area contributed by atoms with Gasteiger partial charge in [-0.3, -0.25) is 14.5 Å². The van der Waals surface area contributed by atoms with E-state index in [1.807, 2.05) is 19.9 Å². The van der Waals surface area contributed by atoms with Gasteiger partial charge in [0.05, 0.1) is 6.04 Å². The van der Waals surface area contributed by atoms with Gasteiger partial charge < -0.3 is 10.3 Å². The maximum Gasteiger partial charge on any atom is 0.253 e. The Morgan fingerprint density at radius 2 is 2.13 bits per heavy atom. The predicted octanol–water partition coefficient (Wildman–Crippen LogP) is 2.12. The number of hydrogen-bond acceptors (Lipinski definition) is 3. The molecule has 0 spiro atoms. The second-order valence-electron chi connectivity index (χ2n) is 7.06. The first-order chi connectivity index (χ1) is 10.9. The molecule has 0 radical (unpaired) electrons. The molecule has 1 aliphatic rings. The minimum atomic E-state index is -0.106. The van der Waals surface area contributed by atoms with Crippen LogP contribution in [0.15, 0.2) is 10.9 Å². The molecule has 5 nitrogen and oxygen atoms in total. The fourth-order valence-corrected chi connectivity index (χ4v) is 3.37. The summed E-state index contributed by atoms with van der Waals surface area (Å²) in [5.74, 6) is 0.593. The van der Waals surface area contributed by atoms with Crippen molar-refractivity contribution in [3.8, 4) is 0 Å². The van der Waals surface area contributed by atoms with Crippen molar-refractivity contribution in [3.63, 3.8) is 0 Å². The summed E-state index contributed by atoms with van der Waals surface area (Å²) in [5, 5.41) is 2.97. The van der Waals surface area contributed by atoms with Gasteiger partial charge in [-0.05, 0) is 50.8 Å². The van der Waals surface area contributed by atoms with Crippen LogP contribution >= 0.6 is 0 Å². The van der Waals surface area contributed by atoms with Crippen molar-refractivity contribution in [1.82, 2.24) is 15.2 Å². The molecule has 1 amide bonds. The van der Waals surface area contributed by atoms with Gasteiger partial charge in [0, 0.05) is 24.3 Å². The molecule has 1 atom stereocenters. The number of piperidine rings is 1. The highest BCUT2D eigenvalue weighted by atomic mass is 16.2. The number of carbonyl (C=O) groups is 1. The number of aromatic amines is 1. The summed E-state index contributed by atoms with van der Waals surface area (Å²) >= 11 is 0. The van der Waals surface area contributed by atoms with Crippen LogP contribution in [0.3, 0.4) is 0 Å². The van der Waals surface area contributed by atoms with E-state index >= 15 is 0 Å². The summed E-state index contributed by atoms with van der Waals surface area (Å²) in [6.07, 6.45) is 3.16. The lowest BCUT2D eigenvalue weighted by molar-refractivity contribution is -0.128. The average Bonchev–Trinajstić information content (AvgIpc) is 2.45. The molecular weight excluding hydrogens is 290 g/mol. The predicted molar refractivity (Wildman–Crippen MR) is 92.4 cm³/mol. The molecule has 0 bridgehead atoms. The summed E-state index contributed by atoms with van der Waals surface area (Å²) in [4.78, 5) is 29.7. The van der Waals surface area contributed by atoms with Crippen LogP contribution in [-0.4, -0.2) is 34.9 Å². The largest absolute Gasteiger partial charge is 0.350 e. The van der Waals surface area contributed by atoms with E-state index in [-0.39, 0.29) is 17.5 Å². The van der Waals surface area contributed by atoms with E-state index < -0.39 is 0 Å². The molecule has 5 heteroatoms. The minimum absolute atomic E-state index is 0.0460. The number of hydrogen-bond donors (Lipinski definition) is 2. The molecule has 0 aromatic carbocycles. The van der Waals surface area contributed by atoms with Gasteiger partial charge in [-0.15, -0.1) is 0 Å². The molecule has 1 saturated heterocycles. The zero-order chi connectivity index (χ0) is 17.0. The smallest absolute Gasteiger partial charge is 0.253 e. The Labute approximate surface area is 138 Å². The van der Waals surface area contributed by atoms with Crippen LogP contribution in [0.25, 0.3) is 0 Å². The SMILES string of the molecule is Cc1cc(C)c(CNC(=O)C2CCCCN2CC(C)C)c(=O)[nH]1. The van der Waals surface area contributed by atoms with Gasteiger partial charge in [0.25, 0.3) is 5.56 Å². The van der Waals surface area contributed by atoms with Gasteiger partial charge in [0.15, 0.2) is 0 Å². The minimum Gasteiger partial charge on any atom is -0.350 e. The maximum absolute atomic E-state index is 12.6. The van der Waals surface area contributed by atoms with Crippen molar-refractivity contribution in [2.24, 2.45) is 5.92 Å². The van der Waals surface area contributed by atoms with Crippen molar-refractivity contribution in [2.75, 3.05) is 13.1 Å². The van der Waals surface area contributed by atoms with Crippen LogP contribution in [0, 0.1) is 19.8 Å². The van der Waals surface area contributed by atoms with Gasteiger partial charge in [0.1, 0.15) is 0 Å². The number of aromatic nitrogens is 1. The zero-order valence-corrected chi connectivity index (χ0v) is 14.7. The zero-order valence-electron chi connectivity index (χ0n) is 14.7. The van der Waals surface area contributed by atoms with Crippen molar-refractivity contribution < 1.29 is 4.79 Å². The first kappa shape index (κ1) is 17.7. The summed E-state index contributed by atoms with van der Waals surface area (Å²) < 4.78 is 0. The number of nitrogens with one attached hydrogen (secondary N) is 2. The van der Waals surface area contributed by atoms with E-state index in [0.29, 0.717) is 18.0 Å². The molecule has 1 aliphatic heterocycles. The molecule has 1 aromatic rings. The number of aryl methyl sites for hydroxylation is 2. The van der Waals surface area contributed by atoms with Crippen LogP contribution in [0.5, 0.6) is 0 Å². The molecule has 1 fully saturated rings. The third-order valence-corrected chi connectivity index (χ3v) is 4.45. The Morgan fingerprint density at radius 3 is 2.78 bits per heavy atom. The third-order valence-electron chi connectivity index (χ3n) is 4.45. The fraction of sp³-hybridized carbons (Fsp3) is 0.667. The summed E-state index contributed by atoms with van der Waals surface area (Å²) in [7, 11) is 0. The number of pyridine rings is 1. The molecule has 2 rings (SSSR count). The van der Waals surface area contributed by atoms with E-state index in [0.717, 1.165) is 43.6 Å². The quantitative estimate of drug-likeness (QED) is 0.874. The second-order valence-corrected chi connectivity index (χ2v) is 7.06. The van der Waals surface area contributed by atoms with Crippen molar-refractivity contribution in [1.29, 1.82) is 0 Å². The van der Waals surface area contributed by atoms with Crippen LogP contribution in [0.1, 0.15) is 49.9 Å². The Balaban J connectivity index is 2.02. The molecule has 23 heavy (non-hydrogen) atoms. The second kappa shape index (κ2) is 7.77. The lowest BCUT2D eigenvalue weighted by atomic mass is 9.99. The molecular formula is C18H29N3O2. The number of H-pyrrole nitrogens is 1. The van der Waals surface area contributed by atoms with Gasteiger partial charge >= 0.3 is 0 Å². The van der Waals surface area contributed by atoms with Crippen LogP contribution < -0.4 is 10.9 Å². The summed E-state index contributed by atoms with van der Waals surface area (Å²) in [6.45, 7) is 10.4. The van der Waals surface area contributed by atoms with Crippen LogP contribution in [0.2, 0.25) is 0 Å². The van der Waals surface area contributed by atoms with Crippen LogP contribution in [0.4, 0.5) is 0 Å². The molecule has 128 valence electrons. The molecule has 0 saturated carbocycles. The highest BCUT2D eigenvalue weighted by Crippen LogP contribution is 2.18. The van der Waals surface area contributed by atoms with Crippen molar-refractivity contribution in [2.45, 2.75) is 59.5 Å². The highest BCUT2D eigenvalue weighted by Gasteiger charge is 2.28. The monoisotopic (exact) mass is 319 g/mol. The van der Waals surface area contributed by atoms with Crippen molar-refractivity contribution in [3.05, 3.63) is 33.2 Å². The van der Waals surface area contributed by atoms with E-state index in [1.54, 1.807) is 0 Å². The first-order valence-electron chi connectivity index (χ1n) is 8.59. The lowest BCUT2D eigenvalue weighted by Gasteiger charge is -2.35. The maximum atomic E-state index is 12.6.